The Labute approximate surface area is 193 Å². The van der Waals surface area contributed by atoms with Gasteiger partial charge in [0.2, 0.25) is 0 Å². The summed E-state index contributed by atoms with van der Waals surface area (Å²) in [4.78, 5) is 9.40. The van der Waals surface area contributed by atoms with Gasteiger partial charge in [0, 0.05) is 58.6 Å². The summed E-state index contributed by atoms with van der Waals surface area (Å²) in [6.45, 7) is 12.6. The number of anilines is 1. The maximum absolute atomic E-state index is 5.83. The molecule has 1 aromatic carbocycles. The number of aliphatic imine (C=N–C) groups is 1. The third kappa shape index (κ3) is 7.61. The van der Waals surface area contributed by atoms with E-state index < -0.39 is 0 Å². The van der Waals surface area contributed by atoms with Crippen molar-refractivity contribution < 1.29 is 4.74 Å². The van der Waals surface area contributed by atoms with E-state index in [4.69, 9.17) is 4.74 Å². The van der Waals surface area contributed by atoms with Gasteiger partial charge in [0.1, 0.15) is 0 Å². The van der Waals surface area contributed by atoms with Gasteiger partial charge in [-0.1, -0.05) is 12.1 Å². The lowest BCUT2D eigenvalue weighted by atomic mass is 10.0. The maximum Gasteiger partial charge on any atom is 0.191 e. The van der Waals surface area contributed by atoms with Gasteiger partial charge in [-0.3, -0.25) is 9.89 Å². The van der Waals surface area contributed by atoms with Crippen LogP contribution < -0.4 is 15.5 Å². The lowest BCUT2D eigenvalue weighted by Gasteiger charge is -2.36. The molecule has 1 atom stereocenters. The van der Waals surface area contributed by atoms with E-state index >= 15 is 0 Å². The van der Waals surface area contributed by atoms with Gasteiger partial charge in [-0.05, 0) is 57.4 Å². The zero-order chi connectivity index (χ0) is 19.8. The topological polar surface area (TPSA) is 52.1 Å². The number of nitrogens with zero attached hydrogens (tertiary/aromatic N) is 3. The number of hydrogen-bond donors (Lipinski definition) is 2. The number of guanidine groups is 1. The lowest BCUT2D eigenvalue weighted by Crippen LogP contribution is -2.48. The summed E-state index contributed by atoms with van der Waals surface area (Å²) >= 11 is 0. The van der Waals surface area contributed by atoms with Crippen molar-refractivity contribution in [2.75, 3.05) is 64.4 Å². The Morgan fingerprint density at radius 3 is 2.66 bits per heavy atom. The molecular weight excluding hydrogens is 477 g/mol. The molecule has 2 aliphatic rings. The fourth-order valence-electron chi connectivity index (χ4n) is 4.03. The number of halogens is 1. The first-order valence-electron chi connectivity index (χ1n) is 10.7. The SMILES string of the molecule is CN=C(NCCCN1CCN(c2cccc(C)c2)CC1)NCC1(C)CCCO1.I. The highest BCUT2D eigenvalue weighted by Crippen LogP contribution is 2.23. The largest absolute Gasteiger partial charge is 0.373 e. The van der Waals surface area contributed by atoms with Crippen molar-refractivity contribution in [2.45, 2.75) is 38.7 Å². The predicted octanol–water partition coefficient (Wildman–Crippen LogP) is 2.86. The summed E-state index contributed by atoms with van der Waals surface area (Å²) in [6.07, 6.45) is 3.39. The van der Waals surface area contributed by atoms with Gasteiger partial charge in [0.25, 0.3) is 0 Å². The molecule has 164 valence electrons. The third-order valence-electron chi connectivity index (χ3n) is 5.84. The first-order chi connectivity index (χ1) is 13.6. The van der Waals surface area contributed by atoms with Crippen molar-refractivity contribution >= 4 is 35.6 Å². The third-order valence-corrected chi connectivity index (χ3v) is 5.84. The average Bonchev–Trinajstić information content (AvgIpc) is 3.14. The highest BCUT2D eigenvalue weighted by atomic mass is 127. The first-order valence-corrected chi connectivity index (χ1v) is 10.7. The molecule has 6 nitrogen and oxygen atoms in total. The Morgan fingerprint density at radius 1 is 1.21 bits per heavy atom. The Morgan fingerprint density at radius 2 is 2.00 bits per heavy atom. The molecule has 7 heteroatoms. The lowest BCUT2D eigenvalue weighted by molar-refractivity contribution is 0.0243. The van der Waals surface area contributed by atoms with E-state index in [-0.39, 0.29) is 29.6 Å². The van der Waals surface area contributed by atoms with Crippen LogP contribution in [0.1, 0.15) is 31.7 Å². The van der Waals surface area contributed by atoms with Crippen LogP contribution in [0.15, 0.2) is 29.3 Å². The molecule has 29 heavy (non-hydrogen) atoms. The Kier molecular flexibility index (Phi) is 9.98. The van der Waals surface area contributed by atoms with E-state index in [2.05, 4.69) is 63.5 Å². The van der Waals surface area contributed by atoms with Crippen LogP contribution in [-0.2, 0) is 4.74 Å². The highest BCUT2D eigenvalue weighted by molar-refractivity contribution is 14.0. The standard InChI is InChI=1S/C22H37N5O.HI/c1-19-7-4-8-20(17-19)27-14-12-26(13-15-27)11-6-10-24-21(23-3)25-18-22(2)9-5-16-28-22;/h4,7-8,17H,5-6,9-16,18H2,1-3H3,(H2,23,24,25);1H. The van der Waals surface area contributed by atoms with Crippen LogP contribution in [0, 0.1) is 6.92 Å². The fraction of sp³-hybridized carbons (Fsp3) is 0.682. The monoisotopic (exact) mass is 515 g/mol. The van der Waals surface area contributed by atoms with Crippen LogP contribution in [0.2, 0.25) is 0 Å². The number of benzene rings is 1. The van der Waals surface area contributed by atoms with Gasteiger partial charge in [-0.2, -0.15) is 0 Å². The summed E-state index contributed by atoms with van der Waals surface area (Å²) in [5, 5.41) is 6.85. The number of rotatable bonds is 7. The molecule has 0 aliphatic carbocycles. The quantitative estimate of drug-likeness (QED) is 0.253. The summed E-state index contributed by atoms with van der Waals surface area (Å²) in [7, 11) is 1.83. The van der Waals surface area contributed by atoms with E-state index in [1.54, 1.807) is 0 Å². The van der Waals surface area contributed by atoms with Gasteiger partial charge in [0.15, 0.2) is 5.96 Å². The molecule has 2 aliphatic heterocycles. The average molecular weight is 515 g/mol. The van der Waals surface area contributed by atoms with Crippen molar-refractivity contribution in [1.82, 2.24) is 15.5 Å². The normalized spacial score (nSPS) is 23.0. The molecule has 0 aromatic heterocycles. The molecule has 0 amide bonds. The Balaban J connectivity index is 0.00000300. The fourth-order valence-corrected chi connectivity index (χ4v) is 4.03. The van der Waals surface area contributed by atoms with Crippen molar-refractivity contribution in [3.05, 3.63) is 29.8 Å². The Bertz CT molecular complexity index is 640. The van der Waals surface area contributed by atoms with E-state index in [0.717, 1.165) is 77.6 Å². The molecule has 3 rings (SSSR count). The smallest absolute Gasteiger partial charge is 0.191 e. The summed E-state index contributed by atoms with van der Waals surface area (Å²) in [5.41, 5.74) is 2.65. The maximum atomic E-state index is 5.83. The van der Waals surface area contributed by atoms with Crippen LogP contribution in [-0.4, -0.2) is 75.9 Å². The number of hydrogen-bond acceptors (Lipinski definition) is 4. The molecule has 1 aromatic rings. The van der Waals surface area contributed by atoms with E-state index in [1.807, 2.05) is 7.05 Å². The summed E-state index contributed by atoms with van der Waals surface area (Å²) in [5.74, 6) is 0.876. The van der Waals surface area contributed by atoms with Crippen LogP contribution >= 0.6 is 24.0 Å². The van der Waals surface area contributed by atoms with Gasteiger partial charge >= 0.3 is 0 Å². The number of nitrogens with one attached hydrogen (secondary N) is 2. The minimum atomic E-state index is -0.0470. The zero-order valence-corrected chi connectivity index (χ0v) is 20.6. The van der Waals surface area contributed by atoms with Crippen LogP contribution in [0.4, 0.5) is 5.69 Å². The second-order valence-electron chi connectivity index (χ2n) is 8.28. The highest BCUT2D eigenvalue weighted by Gasteiger charge is 2.29. The molecule has 0 spiro atoms. The number of piperazine rings is 1. The Hall–Kier alpha value is -1.06. The van der Waals surface area contributed by atoms with Crippen LogP contribution in [0.25, 0.3) is 0 Å². The molecule has 1 unspecified atom stereocenters. The van der Waals surface area contributed by atoms with Crippen molar-refractivity contribution in [2.24, 2.45) is 4.99 Å². The van der Waals surface area contributed by atoms with E-state index in [9.17, 15) is 0 Å². The van der Waals surface area contributed by atoms with E-state index in [0.29, 0.717) is 0 Å². The molecule has 2 fully saturated rings. The molecule has 0 bridgehead atoms. The van der Waals surface area contributed by atoms with Gasteiger partial charge in [-0.25, -0.2) is 0 Å². The van der Waals surface area contributed by atoms with Gasteiger partial charge < -0.3 is 20.3 Å². The molecular formula is C22H38IN5O. The predicted molar refractivity (Wildman–Crippen MR) is 133 cm³/mol. The van der Waals surface area contributed by atoms with Gasteiger partial charge in [0.05, 0.1) is 5.60 Å². The van der Waals surface area contributed by atoms with Crippen molar-refractivity contribution in [1.29, 1.82) is 0 Å². The van der Waals surface area contributed by atoms with Gasteiger partial charge in [-0.15, -0.1) is 24.0 Å². The summed E-state index contributed by atoms with van der Waals surface area (Å²) < 4.78 is 5.83. The minimum Gasteiger partial charge on any atom is -0.373 e. The summed E-state index contributed by atoms with van der Waals surface area (Å²) in [6, 6.07) is 8.83. The first kappa shape index (κ1) is 24.2. The minimum absolute atomic E-state index is 0. The molecule has 0 radical (unpaired) electrons. The number of ether oxygens (including phenoxy) is 1. The van der Waals surface area contributed by atoms with Crippen LogP contribution in [0.5, 0.6) is 0 Å². The van der Waals surface area contributed by atoms with Crippen LogP contribution in [0.3, 0.4) is 0 Å². The second kappa shape index (κ2) is 12.0. The molecule has 2 saturated heterocycles. The molecule has 2 N–H and O–H groups in total. The zero-order valence-electron chi connectivity index (χ0n) is 18.2. The van der Waals surface area contributed by atoms with E-state index in [1.165, 1.54) is 11.3 Å². The van der Waals surface area contributed by atoms with Crippen molar-refractivity contribution in [3.63, 3.8) is 0 Å². The number of aryl methyl sites for hydroxylation is 1. The van der Waals surface area contributed by atoms with Crippen molar-refractivity contribution in [3.8, 4) is 0 Å². The molecule has 0 saturated carbocycles. The second-order valence-corrected chi connectivity index (χ2v) is 8.28. The molecule has 2 heterocycles.